The van der Waals surface area contributed by atoms with E-state index in [9.17, 15) is 97.0 Å². The minimum Gasteiger partial charge on any atom is -0.396 e. The largest absolute Gasteiger partial charge is 0.396 e. The highest BCUT2D eigenvalue weighted by Gasteiger charge is 2.70. The van der Waals surface area contributed by atoms with E-state index in [-0.39, 0.29) is 54.0 Å². The third-order valence-corrected chi connectivity index (χ3v) is 23.4. The lowest BCUT2D eigenvalue weighted by Crippen LogP contribution is -2.65. The van der Waals surface area contributed by atoms with Crippen molar-refractivity contribution in [3.63, 3.8) is 0 Å². The molecule has 35 atom stereocenters. The normalized spacial score (nSPS) is 51.8. The van der Waals surface area contributed by atoms with Gasteiger partial charge >= 0.3 is 0 Å². The van der Waals surface area contributed by atoms with Crippen LogP contribution < -0.4 is 0 Å². The van der Waals surface area contributed by atoms with E-state index in [1.54, 1.807) is 0 Å². The Bertz CT molecular complexity index is 2340. The van der Waals surface area contributed by atoms with E-state index in [2.05, 4.69) is 47.6 Å². The van der Waals surface area contributed by atoms with Crippen molar-refractivity contribution in [2.24, 2.45) is 51.2 Å². The zero-order valence-corrected chi connectivity index (χ0v) is 52.1. The molecule has 0 aromatic carbocycles. The summed E-state index contributed by atoms with van der Waals surface area (Å²) in [7, 11) is 0. The fraction of sp³-hybridized carbons (Fsp3) is 0.967. The predicted molar refractivity (Wildman–Crippen MR) is 303 cm³/mol. The van der Waals surface area contributed by atoms with Gasteiger partial charge < -0.3 is 140 Å². The highest BCUT2D eigenvalue weighted by molar-refractivity contribution is 5.32. The molecule has 4 saturated heterocycles. The fourth-order valence-electron chi connectivity index (χ4n) is 17.5. The van der Waals surface area contributed by atoms with Crippen molar-refractivity contribution in [1.82, 2.24) is 0 Å². The van der Waals surface area contributed by atoms with Crippen LogP contribution in [0.1, 0.15) is 113 Å². The number of hydrogen-bond acceptors (Lipinski definition) is 28. The number of fused-ring (bicyclic) bond motifs is 5. The average Bonchev–Trinajstić information content (AvgIpc) is 1.66. The van der Waals surface area contributed by atoms with Gasteiger partial charge in [0.25, 0.3) is 0 Å². The Balaban J connectivity index is 0.883. The lowest BCUT2D eigenvalue weighted by Gasteiger charge is -2.67. The van der Waals surface area contributed by atoms with Crippen molar-refractivity contribution >= 4 is 0 Å². The maximum atomic E-state index is 12.8. The molecule has 9 aliphatic rings. The van der Waals surface area contributed by atoms with Gasteiger partial charge in [-0.25, -0.2) is 0 Å². The predicted octanol–water partition coefficient (Wildman–Crippen LogP) is -4.74. The molecule has 28 nitrogen and oxygen atoms in total. The summed E-state index contributed by atoms with van der Waals surface area (Å²) in [4.78, 5) is 0. The molecule has 0 radical (unpaired) electrons. The van der Waals surface area contributed by atoms with Crippen LogP contribution in [0.25, 0.3) is 0 Å². The van der Waals surface area contributed by atoms with E-state index >= 15 is 0 Å². The molecule has 0 aromatic rings. The lowest BCUT2D eigenvalue weighted by atomic mass is 9.38. The molecule has 28 heteroatoms. The Morgan fingerprint density at radius 3 is 1.65 bits per heavy atom. The Morgan fingerprint density at radius 1 is 0.551 bits per heavy atom. The summed E-state index contributed by atoms with van der Waals surface area (Å²) in [5.74, 6) is -0.763. The van der Waals surface area contributed by atoms with Crippen LogP contribution in [0.5, 0.6) is 0 Å². The molecular weight excluding hydrogens is 1180 g/mol. The summed E-state index contributed by atoms with van der Waals surface area (Å²) in [6.45, 7) is 13.0. The van der Waals surface area contributed by atoms with E-state index in [1.807, 2.05) is 0 Å². The van der Waals surface area contributed by atoms with Crippen LogP contribution in [0.2, 0.25) is 0 Å². The van der Waals surface area contributed by atoms with E-state index in [4.69, 9.17) is 42.6 Å². The molecule has 4 heterocycles. The molecule has 4 unspecified atom stereocenters. The first-order valence-electron chi connectivity index (χ1n) is 31.9. The molecule has 4 aliphatic heterocycles. The van der Waals surface area contributed by atoms with Crippen LogP contribution in [0, 0.1) is 51.2 Å². The number of aliphatic hydroxyl groups excluding tert-OH is 18. The molecule has 4 saturated carbocycles. The standard InChI is InChI=1S/C61H104O28/c1-24(9-13-37(58(4,5)80)88-56-52(89-55-51(79)46(74)41(69)31(21-64)84-55)48(76)43(71)33(86-56)23-82-53-49(77)45(73)40(68)30(20-63)83-53)26-15-16-59(6)34-12-10-27-28(61(34,8)35(65)18-60(26,59)7)11-14-36(57(27,2)3)87-54-50(78)47(75)42(70)32(85-54)22-81-29-17-25(19-62)38(66)44(72)39(29)67/h10,24-26,28-56,62-80H,9,11-23H2,1-8H3/t24-,25-,26?,28?,29+,30-,31-,32-,33-,34?,35-,36+,37-,38-,39+,40-,41-,42-,43-,44+,45+,46+,47+,48+,49-,50-,51-,52-,53?,54+,55+,56+,59+,60-,61+/m1/s1. The lowest BCUT2D eigenvalue weighted by molar-refractivity contribution is -0.380. The number of ether oxygens (including phenoxy) is 9. The minimum atomic E-state index is -1.95. The molecule has 89 heavy (non-hydrogen) atoms. The molecule has 0 aromatic heterocycles. The maximum absolute atomic E-state index is 12.8. The SMILES string of the molecule is C[C@H](CC[C@@H](O[C@@H]1O[C@H](COC2O[C@H](CO)[C@@H](O)[C@H](O)[C@H]2O)[C@@H](O)[C@H](O)[C@H]1O[C@@H]1O[C@H](CO)[C@@H](O)[C@H](O)[C@H]1O)C(C)(C)O)C1CC[C@@]2(C)C3CC=C4C(CC[C@H](O[C@@H]5O[C@H](CO[C@H]6C[C@H](CO)[C@@H](O)[C@H](O)[C@H]6O)[C@@H](O)[C@H](O)[C@H]5O)C4(C)C)[C@]3(C)[C@H](O)C[C@]12C. The number of aliphatic hydroxyl groups is 19. The molecule has 0 bridgehead atoms. The van der Waals surface area contributed by atoms with Crippen molar-refractivity contribution in [3.05, 3.63) is 11.6 Å². The topological polar surface area (TPSA) is 467 Å². The highest BCUT2D eigenvalue weighted by Crippen LogP contribution is 2.75. The van der Waals surface area contributed by atoms with Crippen LogP contribution in [-0.2, 0) is 42.6 Å². The van der Waals surface area contributed by atoms with Gasteiger partial charge in [0.2, 0.25) is 0 Å². The highest BCUT2D eigenvalue weighted by atomic mass is 16.8. The summed E-state index contributed by atoms with van der Waals surface area (Å²) in [6.07, 6.45) is -34.6. The van der Waals surface area contributed by atoms with E-state index < -0.39 is 214 Å². The molecule has 0 amide bonds. The molecule has 0 spiro atoms. The van der Waals surface area contributed by atoms with Gasteiger partial charge in [0.1, 0.15) is 110 Å². The third-order valence-electron chi connectivity index (χ3n) is 23.4. The number of hydrogen-bond donors (Lipinski definition) is 19. The second-order valence-electron chi connectivity index (χ2n) is 29.2. The Labute approximate surface area is 518 Å². The Hall–Kier alpha value is -1.38. The first-order chi connectivity index (χ1) is 41.6. The van der Waals surface area contributed by atoms with Crippen molar-refractivity contribution in [1.29, 1.82) is 0 Å². The van der Waals surface area contributed by atoms with E-state index in [0.717, 1.165) is 18.4 Å². The quantitative estimate of drug-likeness (QED) is 0.0509. The van der Waals surface area contributed by atoms with E-state index in [1.165, 1.54) is 13.8 Å². The summed E-state index contributed by atoms with van der Waals surface area (Å²) >= 11 is 0. The molecule has 9 rings (SSSR count). The van der Waals surface area contributed by atoms with Gasteiger partial charge in [-0.3, -0.25) is 0 Å². The van der Waals surface area contributed by atoms with Crippen molar-refractivity contribution < 1.29 is 140 Å². The monoisotopic (exact) mass is 1280 g/mol. The van der Waals surface area contributed by atoms with E-state index in [0.29, 0.717) is 32.1 Å². The van der Waals surface area contributed by atoms with Crippen LogP contribution in [0.3, 0.4) is 0 Å². The fourth-order valence-corrected chi connectivity index (χ4v) is 17.5. The molecule has 5 aliphatic carbocycles. The van der Waals surface area contributed by atoms with Crippen molar-refractivity contribution in [2.75, 3.05) is 33.0 Å². The van der Waals surface area contributed by atoms with Crippen LogP contribution in [0.4, 0.5) is 0 Å². The smallest absolute Gasteiger partial charge is 0.187 e. The van der Waals surface area contributed by atoms with Gasteiger partial charge in [-0.15, -0.1) is 0 Å². The second kappa shape index (κ2) is 27.6. The van der Waals surface area contributed by atoms with Gasteiger partial charge in [-0.05, 0) is 106 Å². The zero-order chi connectivity index (χ0) is 65.5. The van der Waals surface area contributed by atoms with Gasteiger partial charge in [0, 0.05) is 23.4 Å². The number of rotatable bonds is 20. The van der Waals surface area contributed by atoms with Gasteiger partial charge in [0.05, 0.1) is 62.5 Å². The second-order valence-corrected chi connectivity index (χ2v) is 29.2. The average molecular weight is 1290 g/mol. The van der Waals surface area contributed by atoms with Crippen molar-refractivity contribution in [2.45, 2.75) is 284 Å². The molecular formula is C61H104O28. The van der Waals surface area contributed by atoms with Gasteiger partial charge in [0.15, 0.2) is 25.2 Å². The number of allylic oxidation sites excluding steroid dienone is 1. The first kappa shape index (κ1) is 71.9. The zero-order valence-electron chi connectivity index (χ0n) is 52.1. The van der Waals surface area contributed by atoms with Gasteiger partial charge in [-0.1, -0.05) is 53.2 Å². The van der Waals surface area contributed by atoms with Crippen molar-refractivity contribution in [3.8, 4) is 0 Å². The van der Waals surface area contributed by atoms with Gasteiger partial charge in [-0.2, -0.15) is 0 Å². The molecule has 19 N–H and O–H groups in total. The molecule has 8 fully saturated rings. The minimum absolute atomic E-state index is 0.00478. The third kappa shape index (κ3) is 13.1. The maximum Gasteiger partial charge on any atom is 0.187 e. The van der Waals surface area contributed by atoms with Crippen LogP contribution >= 0.6 is 0 Å². The molecule has 516 valence electrons. The first-order valence-corrected chi connectivity index (χ1v) is 31.9. The summed E-state index contributed by atoms with van der Waals surface area (Å²) in [5.41, 5.74) is -2.42. The Kier molecular flexibility index (Phi) is 22.3. The van der Waals surface area contributed by atoms with Crippen LogP contribution in [0.15, 0.2) is 11.6 Å². The summed E-state index contributed by atoms with van der Waals surface area (Å²) in [5, 5.41) is 206. The summed E-state index contributed by atoms with van der Waals surface area (Å²) < 4.78 is 54.2. The Morgan fingerprint density at radius 2 is 1.07 bits per heavy atom. The summed E-state index contributed by atoms with van der Waals surface area (Å²) in [6, 6.07) is 0. The van der Waals surface area contributed by atoms with Crippen LogP contribution in [-0.4, -0.2) is 301 Å².